The van der Waals surface area contributed by atoms with E-state index in [4.69, 9.17) is 5.11 Å². The van der Waals surface area contributed by atoms with Crippen molar-refractivity contribution in [2.45, 2.75) is 0 Å². The molecule has 0 bridgehead atoms. The van der Waals surface area contributed by atoms with Crippen LogP contribution in [0.1, 0.15) is 5.82 Å². The van der Waals surface area contributed by atoms with Gasteiger partial charge in [0.1, 0.15) is 5.82 Å². The molecule has 4 nitrogen and oxygen atoms in total. The van der Waals surface area contributed by atoms with E-state index in [1.54, 1.807) is 0 Å². The van der Waals surface area contributed by atoms with Crippen LogP contribution in [-0.4, -0.2) is 20.6 Å². The van der Waals surface area contributed by atoms with E-state index >= 15 is 0 Å². The Morgan fingerprint density at radius 1 is 1.05 bits per heavy atom. The van der Waals surface area contributed by atoms with Gasteiger partial charge in [-0.15, -0.1) is 0 Å². The minimum atomic E-state index is -0.989. The first-order valence-corrected chi connectivity index (χ1v) is 6.19. The van der Waals surface area contributed by atoms with Gasteiger partial charge in [0.2, 0.25) is 0 Å². The number of carbonyl (C=O) groups is 1. The molecule has 4 heteroatoms. The van der Waals surface area contributed by atoms with Gasteiger partial charge in [0.15, 0.2) is 0 Å². The molecule has 0 aliphatic heterocycles. The van der Waals surface area contributed by atoms with Crippen LogP contribution in [0.4, 0.5) is 0 Å². The van der Waals surface area contributed by atoms with Gasteiger partial charge in [0.25, 0.3) is 0 Å². The maximum atomic E-state index is 10.7. The summed E-state index contributed by atoms with van der Waals surface area (Å²) in [6, 6.07) is 17.5. The summed E-state index contributed by atoms with van der Waals surface area (Å²) >= 11 is 0. The smallest absolute Gasteiger partial charge is 0.328 e. The molecule has 0 spiro atoms. The Labute approximate surface area is 115 Å². The number of carboxylic acids is 1. The lowest BCUT2D eigenvalue weighted by molar-refractivity contribution is -0.131. The highest BCUT2D eigenvalue weighted by Gasteiger charge is 2.09. The van der Waals surface area contributed by atoms with Crippen LogP contribution < -0.4 is 0 Å². The van der Waals surface area contributed by atoms with Crippen molar-refractivity contribution in [2.24, 2.45) is 0 Å². The Morgan fingerprint density at radius 3 is 2.50 bits per heavy atom. The van der Waals surface area contributed by atoms with Crippen molar-refractivity contribution in [3.05, 3.63) is 66.5 Å². The van der Waals surface area contributed by atoms with Crippen LogP contribution in [-0.2, 0) is 4.79 Å². The lowest BCUT2D eigenvalue weighted by atomic mass is 10.3. The van der Waals surface area contributed by atoms with E-state index in [1.165, 1.54) is 6.08 Å². The minimum Gasteiger partial charge on any atom is -0.478 e. The first-order chi connectivity index (χ1) is 9.75. The van der Waals surface area contributed by atoms with Crippen molar-refractivity contribution < 1.29 is 9.90 Å². The van der Waals surface area contributed by atoms with Crippen molar-refractivity contribution >= 4 is 23.1 Å². The highest BCUT2D eigenvalue weighted by molar-refractivity contribution is 5.86. The zero-order chi connectivity index (χ0) is 13.9. The Kier molecular flexibility index (Phi) is 3.05. The number of benzene rings is 2. The van der Waals surface area contributed by atoms with Gasteiger partial charge in [-0.05, 0) is 30.3 Å². The molecule has 0 atom stereocenters. The Balaban J connectivity index is 2.26. The van der Waals surface area contributed by atoms with Gasteiger partial charge in [-0.1, -0.05) is 30.3 Å². The molecule has 0 aliphatic carbocycles. The molecule has 1 N–H and O–H groups in total. The van der Waals surface area contributed by atoms with E-state index in [2.05, 4.69) is 4.98 Å². The van der Waals surface area contributed by atoms with Crippen molar-refractivity contribution in [1.29, 1.82) is 0 Å². The molecule has 0 fully saturated rings. The summed E-state index contributed by atoms with van der Waals surface area (Å²) in [7, 11) is 0. The maximum absolute atomic E-state index is 10.7. The number of hydrogen-bond donors (Lipinski definition) is 1. The van der Waals surface area contributed by atoms with Crippen LogP contribution in [0, 0.1) is 0 Å². The van der Waals surface area contributed by atoms with E-state index < -0.39 is 5.97 Å². The fourth-order valence-electron chi connectivity index (χ4n) is 2.15. The Morgan fingerprint density at radius 2 is 1.75 bits per heavy atom. The first kappa shape index (κ1) is 12.2. The first-order valence-electron chi connectivity index (χ1n) is 6.19. The molecule has 20 heavy (non-hydrogen) atoms. The second-order valence-corrected chi connectivity index (χ2v) is 4.30. The molecular formula is C16H12N2O2. The highest BCUT2D eigenvalue weighted by atomic mass is 16.4. The lowest BCUT2D eigenvalue weighted by Crippen LogP contribution is -1.97. The van der Waals surface area contributed by atoms with Crippen LogP contribution in [0.5, 0.6) is 0 Å². The molecule has 3 rings (SSSR count). The summed E-state index contributed by atoms with van der Waals surface area (Å²) in [6.45, 7) is 0. The van der Waals surface area contributed by atoms with Crippen LogP contribution >= 0.6 is 0 Å². The molecule has 3 aromatic rings. The zero-order valence-corrected chi connectivity index (χ0v) is 10.6. The van der Waals surface area contributed by atoms with Crippen molar-refractivity contribution in [1.82, 2.24) is 9.55 Å². The average molecular weight is 264 g/mol. The summed E-state index contributed by atoms with van der Waals surface area (Å²) in [5.74, 6) is -0.392. The summed E-state index contributed by atoms with van der Waals surface area (Å²) in [5.41, 5.74) is 2.73. The lowest BCUT2D eigenvalue weighted by Gasteiger charge is -2.06. The molecule has 1 aromatic heterocycles. The number of fused-ring (bicyclic) bond motifs is 1. The summed E-state index contributed by atoms with van der Waals surface area (Å²) in [5, 5.41) is 8.79. The van der Waals surface area contributed by atoms with Crippen LogP contribution in [0.25, 0.3) is 22.8 Å². The predicted molar refractivity (Wildman–Crippen MR) is 77.7 cm³/mol. The molecule has 0 aliphatic rings. The van der Waals surface area contributed by atoms with Crippen LogP contribution in [0.2, 0.25) is 0 Å². The monoisotopic (exact) mass is 264 g/mol. The minimum absolute atomic E-state index is 0.597. The number of imidazole rings is 1. The SMILES string of the molecule is O=C(O)/C=C/c1nc2ccccc2n1-c1ccccc1. The van der Waals surface area contributed by atoms with Crippen molar-refractivity contribution in [3.8, 4) is 5.69 Å². The number of para-hydroxylation sites is 3. The van der Waals surface area contributed by atoms with Gasteiger partial charge in [0.05, 0.1) is 11.0 Å². The summed E-state index contributed by atoms with van der Waals surface area (Å²) in [4.78, 5) is 15.2. The molecule has 0 unspecified atom stereocenters. The number of hydrogen-bond acceptors (Lipinski definition) is 2. The second kappa shape index (κ2) is 5.01. The van der Waals surface area contributed by atoms with E-state index in [0.29, 0.717) is 5.82 Å². The largest absolute Gasteiger partial charge is 0.478 e. The molecule has 0 amide bonds. The number of rotatable bonds is 3. The number of aliphatic carboxylic acids is 1. The topological polar surface area (TPSA) is 55.1 Å². The Hall–Kier alpha value is -2.88. The van der Waals surface area contributed by atoms with Crippen LogP contribution in [0.3, 0.4) is 0 Å². The molecule has 1 heterocycles. The molecule has 0 radical (unpaired) electrons. The normalized spacial score (nSPS) is 11.2. The third-order valence-electron chi connectivity index (χ3n) is 2.98. The van der Waals surface area contributed by atoms with E-state index in [9.17, 15) is 4.79 Å². The van der Waals surface area contributed by atoms with Gasteiger partial charge in [0, 0.05) is 11.8 Å². The fraction of sp³-hybridized carbons (Fsp3) is 0. The zero-order valence-electron chi connectivity index (χ0n) is 10.6. The van der Waals surface area contributed by atoms with Crippen molar-refractivity contribution in [2.75, 3.05) is 0 Å². The highest BCUT2D eigenvalue weighted by Crippen LogP contribution is 2.22. The fourth-order valence-corrected chi connectivity index (χ4v) is 2.15. The number of aromatic nitrogens is 2. The quantitative estimate of drug-likeness (QED) is 0.739. The van der Waals surface area contributed by atoms with Gasteiger partial charge >= 0.3 is 5.97 Å². The second-order valence-electron chi connectivity index (χ2n) is 4.30. The molecular weight excluding hydrogens is 252 g/mol. The average Bonchev–Trinajstić information content (AvgIpc) is 2.84. The predicted octanol–water partition coefficient (Wildman–Crippen LogP) is 3.12. The molecule has 0 saturated carbocycles. The number of carboxylic acid groups (broad SMARTS) is 1. The molecule has 2 aromatic carbocycles. The van der Waals surface area contributed by atoms with Crippen molar-refractivity contribution in [3.63, 3.8) is 0 Å². The van der Waals surface area contributed by atoms with E-state index in [0.717, 1.165) is 22.8 Å². The third kappa shape index (κ3) is 2.19. The van der Waals surface area contributed by atoms with Gasteiger partial charge in [-0.3, -0.25) is 4.57 Å². The maximum Gasteiger partial charge on any atom is 0.328 e. The van der Waals surface area contributed by atoms with E-state index in [1.807, 2.05) is 59.2 Å². The summed E-state index contributed by atoms with van der Waals surface area (Å²) < 4.78 is 1.94. The standard InChI is InChI=1S/C16H12N2O2/c19-16(20)11-10-15-17-13-8-4-5-9-14(13)18(15)12-6-2-1-3-7-12/h1-11H,(H,19,20)/b11-10+. The van der Waals surface area contributed by atoms with Crippen LogP contribution in [0.15, 0.2) is 60.7 Å². The summed E-state index contributed by atoms with van der Waals surface area (Å²) in [6.07, 6.45) is 2.61. The van der Waals surface area contributed by atoms with Gasteiger partial charge in [-0.25, -0.2) is 9.78 Å². The van der Waals surface area contributed by atoms with Gasteiger partial charge < -0.3 is 5.11 Å². The third-order valence-corrected chi connectivity index (χ3v) is 2.98. The Bertz CT molecular complexity index is 789. The van der Waals surface area contributed by atoms with Gasteiger partial charge in [-0.2, -0.15) is 0 Å². The molecule has 98 valence electrons. The molecule has 0 saturated heterocycles. The van der Waals surface area contributed by atoms with E-state index in [-0.39, 0.29) is 0 Å². The number of nitrogens with zero attached hydrogens (tertiary/aromatic N) is 2.